The third kappa shape index (κ3) is 3.30. The number of carbonyl (C=O) groups is 3. The van der Waals surface area contributed by atoms with Crippen LogP contribution in [0.1, 0.15) is 16.8 Å². The van der Waals surface area contributed by atoms with Gasteiger partial charge in [-0.3, -0.25) is 14.4 Å². The highest BCUT2D eigenvalue weighted by Gasteiger charge is 2.33. The standard InChI is InChI=1S/C13H13ClFN3O3/c14-8-5-7(1-2-9(8)15)13(21)18-4-3-17-11(19)6-10(18)12(16)20/h1-2,5,10H,3-4,6H2,(H2,16,20)(H,17,19). The van der Waals surface area contributed by atoms with Gasteiger partial charge in [0.1, 0.15) is 11.9 Å². The molecular weight excluding hydrogens is 301 g/mol. The fraction of sp³-hybridized carbons (Fsp3) is 0.308. The summed E-state index contributed by atoms with van der Waals surface area (Å²) in [4.78, 5) is 36.6. The fourth-order valence-electron chi connectivity index (χ4n) is 2.12. The number of nitrogens with two attached hydrogens (primary N) is 1. The molecule has 1 aromatic carbocycles. The number of carbonyl (C=O) groups excluding carboxylic acids is 3. The minimum atomic E-state index is -1.04. The van der Waals surface area contributed by atoms with Crippen molar-refractivity contribution in [2.75, 3.05) is 13.1 Å². The number of hydrogen-bond donors (Lipinski definition) is 2. The molecule has 1 saturated heterocycles. The van der Waals surface area contributed by atoms with Gasteiger partial charge in [-0.2, -0.15) is 0 Å². The Morgan fingerprint density at radius 3 is 2.76 bits per heavy atom. The molecule has 1 aromatic rings. The molecule has 0 bridgehead atoms. The van der Waals surface area contributed by atoms with Crippen molar-refractivity contribution in [3.8, 4) is 0 Å². The largest absolute Gasteiger partial charge is 0.368 e. The van der Waals surface area contributed by atoms with Crippen LogP contribution in [-0.4, -0.2) is 41.8 Å². The number of nitrogens with one attached hydrogen (secondary N) is 1. The molecule has 0 radical (unpaired) electrons. The van der Waals surface area contributed by atoms with E-state index in [2.05, 4.69) is 5.32 Å². The Morgan fingerprint density at radius 1 is 1.43 bits per heavy atom. The average molecular weight is 314 g/mol. The van der Waals surface area contributed by atoms with Crippen molar-refractivity contribution in [2.45, 2.75) is 12.5 Å². The molecular formula is C13H13ClFN3O3. The summed E-state index contributed by atoms with van der Waals surface area (Å²) >= 11 is 5.65. The molecule has 1 fully saturated rings. The molecule has 1 aliphatic heterocycles. The molecule has 3 amide bonds. The maximum Gasteiger partial charge on any atom is 0.254 e. The summed E-state index contributed by atoms with van der Waals surface area (Å²) in [5.41, 5.74) is 5.39. The first-order valence-electron chi connectivity index (χ1n) is 6.22. The molecule has 0 spiro atoms. The second kappa shape index (κ2) is 6.09. The fourth-order valence-corrected chi connectivity index (χ4v) is 2.30. The first-order valence-corrected chi connectivity index (χ1v) is 6.60. The van der Waals surface area contributed by atoms with E-state index in [0.717, 1.165) is 6.07 Å². The average Bonchev–Trinajstić information content (AvgIpc) is 2.63. The van der Waals surface area contributed by atoms with Crippen molar-refractivity contribution in [3.63, 3.8) is 0 Å². The van der Waals surface area contributed by atoms with Gasteiger partial charge >= 0.3 is 0 Å². The summed E-state index contributed by atoms with van der Waals surface area (Å²) < 4.78 is 13.1. The highest BCUT2D eigenvalue weighted by Crippen LogP contribution is 2.19. The first kappa shape index (κ1) is 15.2. The molecule has 1 unspecified atom stereocenters. The summed E-state index contributed by atoms with van der Waals surface area (Å²) in [6.07, 6.45) is -0.198. The number of halogens is 2. The Morgan fingerprint density at radius 2 is 2.14 bits per heavy atom. The monoisotopic (exact) mass is 313 g/mol. The molecule has 0 saturated carbocycles. The molecule has 21 heavy (non-hydrogen) atoms. The Bertz CT molecular complexity index is 608. The molecule has 112 valence electrons. The van der Waals surface area contributed by atoms with Crippen LogP contribution in [0.2, 0.25) is 5.02 Å². The summed E-state index contributed by atoms with van der Waals surface area (Å²) in [6.45, 7) is 0.344. The van der Waals surface area contributed by atoms with Crippen molar-refractivity contribution in [1.29, 1.82) is 0 Å². The Hall–Kier alpha value is -2.15. The van der Waals surface area contributed by atoms with Crippen LogP contribution < -0.4 is 11.1 Å². The van der Waals surface area contributed by atoms with Gasteiger partial charge in [-0.15, -0.1) is 0 Å². The predicted octanol–water partition coefficient (Wildman–Crippen LogP) is 0.295. The summed E-state index contributed by atoms with van der Waals surface area (Å²) in [5, 5.41) is 2.37. The van der Waals surface area contributed by atoms with Gasteiger partial charge < -0.3 is 16.0 Å². The minimum Gasteiger partial charge on any atom is -0.368 e. The van der Waals surface area contributed by atoms with Gasteiger partial charge in [-0.05, 0) is 18.2 Å². The van der Waals surface area contributed by atoms with Gasteiger partial charge in [-0.25, -0.2) is 4.39 Å². The van der Waals surface area contributed by atoms with E-state index in [4.69, 9.17) is 17.3 Å². The van der Waals surface area contributed by atoms with Gasteiger partial charge in [0, 0.05) is 18.7 Å². The topological polar surface area (TPSA) is 92.5 Å². The van der Waals surface area contributed by atoms with Crippen molar-refractivity contribution >= 4 is 29.3 Å². The molecule has 2 rings (SSSR count). The Kier molecular flexibility index (Phi) is 4.42. The first-order chi connectivity index (χ1) is 9.90. The normalized spacial score (nSPS) is 18.9. The number of benzene rings is 1. The van der Waals surface area contributed by atoms with Crippen LogP contribution >= 0.6 is 11.6 Å². The van der Waals surface area contributed by atoms with Gasteiger partial charge in [0.2, 0.25) is 11.8 Å². The van der Waals surface area contributed by atoms with Crippen molar-refractivity contribution < 1.29 is 18.8 Å². The van der Waals surface area contributed by atoms with E-state index in [1.165, 1.54) is 17.0 Å². The summed E-state index contributed by atoms with van der Waals surface area (Å²) in [5.74, 6) is -2.30. The highest BCUT2D eigenvalue weighted by atomic mass is 35.5. The quantitative estimate of drug-likeness (QED) is 0.822. The molecule has 3 N–H and O–H groups in total. The van der Waals surface area contributed by atoms with E-state index in [0.29, 0.717) is 0 Å². The molecule has 0 aliphatic carbocycles. The van der Waals surface area contributed by atoms with Crippen LogP contribution in [0.4, 0.5) is 4.39 Å². The van der Waals surface area contributed by atoms with E-state index < -0.39 is 23.7 Å². The summed E-state index contributed by atoms with van der Waals surface area (Å²) in [6, 6.07) is 2.47. The number of nitrogens with zero attached hydrogens (tertiary/aromatic N) is 1. The minimum absolute atomic E-state index is 0.127. The van der Waals surface area contributed by atoms with Crippen LogP contribution in [0, 0.1) is 5.82 Å². The molecule has 8 heteroatoms. The molecule has 1 aliphatic rings. The summed E-state index contributed by atoms with van der Waals surface area (Å²) in [7, 11) is 0. The van der Waals surface area contributed by atoms with E-state index in [-0.39, 0.29) is 36.0 Å². The Balaban J connectivity index is 2.31. The van der Waals surface area contributed by atoms with Gasteiger partial charge in [-0.1, -0.05) is 11.6 Å². The van der Waals surface area contributed by atoms with Gasteiger partial charge in [0.25, 0.3) is 5.91 Å². The van der Waals surface area contributed by atoms with E-state index in [9.17, 15) is 18.8 Å². The van der Waals surface area contributed by atoms with E-state index >= 15 is 0 Å². The van der Waals surface area contributed by atoms with Gasteiger partial charge in [0.15, 0.2) is 0 Å². The zero-order valence-corrected chi connectivity index (χ0v) is 11.7. The van der Waals surface area contributed by atoms with Crippen LogP contribution in [0.15, 0.2) is 18.2 Å². The third-order valence-electron chi connectivity index (χ3n) is 3.19. The predicted molar refractivity (Wildman–Crippen MR) is 73.1 cm³/mol. The second-order valence-corrected chi connectivity index (χ2v) is 5.01. The number of amides is 3. The van der Waals surface area contributed by atoms with Crippen molar-refractivity contribution in [2.24, 2.45) is 5.73 Å². The maximum absolute atomic E-state index is 13.1. The molecule has 6 nitrogen and oxygen atoms in total. The Labute approximate surface area is 125 Å². The second-order valence-electron chi connectivity index (χ2n) is 4.60. The van der Waals surface area contributed by atoms with E-state index in [1.807, 2.05) is 0 Å². The van der Waals surface area contributed by atoms with Crippen molar-refractivity contribution in [3.05, 3.63) is 34.6 Å². The smallest absolute Gasteiger partial charge is 0.254 e. The third-order valence-corrected chi connectivity index (χ3v) is 3.48. The lowest BCUT2D eigenvalue weighted by Crippen LogP contribution is -2.48. The van der Waals surface area contributed by atoms with Gasteiger partial charge in [0.05, 0.1) is 11.4 Å². The highest BCUT2D eigenvalue weighted by molar-refractivity contribution is 6.31. The zero-order chi connectivity index (χ0) is 15.6. The zero-order valence-electron chi connectivity index (χ0n) is 10.9. The molecule has 1 heterocycles. The molecule has 0 aromatic heterocycles. The van der Waals surface area contributed by atoms with Crippen LogP contribution in [0.3, 0.4) is 0 Å². The lowest BCUT2D eigenvalue weighted by atomic mass is 10.1. The lowest BCUT2D eigenvalue weighted by Gasteiger charge is -2.26. The SMILES string of the molecule is NC(=O)C1CC(=O)NCCN1C(=O)c1ccc(F)c(Cl)c1. The van der Waals surface area contributed by atoms with Crippen LogP contribution in [-0.2, 0) is 9.59 Å². The lowest BCUT2D eigenvalue weighted by molar-refractivity contribution is -0.127. The number of hydrogen-bond acceptors (Lipinski definition) is 3. The number of primary amides is 1. The number of rotatable bonds is 2. The molecule has 1 atom stereocenters. The van der Waals surface area contributed by atoms with Crippen LogP contribution in [0.5, 0.6) is 0 Å². The maximum atomic E-state index is 13.1. The van der Waals surface area contributed by atoms with Crippen LogP contribution in [0.25, 0.3) is 0 Å². The van der Waals surface area contributed by atoms with E-state index in [1.54, 1.807) is 0 Å². The van der Waals surface area contributed by atoms with Crippen molar-refractivity contribution in [1.82, 2.24) is 10.2 Å².